The number of pyridine rings is 1. The molecule has 0 aliphatic carbocycles. The van der Waals surface area contributed by atoms with Gasteiger partial charge in [0, 0.05) is 37.4 Å². The Labute approximate surface area is 195 Å². The number of ether oxygens (including phenoxy) is 2. The number of guanidine groups is 1. The molecule has 0 aliphatic rings. The van der Waals surface area contributed by atoms with E-state index in [-0.39, 0.29) is 24.0 Å². The Bertz CT molecular complexity index is 757. The Morgan fingerprint density at radius 3 is 2.66 bits per heavy atom. The lowest BCUT2D eigenvalue weighted by molar-refractivity contribution is 0.143. The molecule has 29 heavy (non-hydrogen) atoms. The summed E-state index contributed by atoms with van der Waals surface area (Å²) in [5.74, 6) is 1.38. The lowest BCUT2D eigenvalue weighted by atomic mass is 10.1. The minimum absolute atomic E-state index is 0. The van der Waals surface area contributed by atoms with Crippen molar-refractivity contribution in [3.05, 3.63) is 53.2 Å². The van der Waals surface area contributed by atoms with Crippen molar-refractivity contribution in [2.75, 3.05) is 33.1 Å². The number of aromatic nitrogens is 1. The molecule has 0 amide bonds. The van der Waals surface area contributed by atoms with Gasteiger partial charge in [-0.15, -0.1) is 35.7 Å². The second-order valence-electron chi connectivity index (χ2n) is 6.21. The van der Waals surface area contributed by atoms with E-state index in [4.69, 9.17) is 9.47 Å². The standard InChI is InChI=1S/C21H30N4O2S.HI/c1-5-22-21(25-15-18-8-6-16(2)12-19(18)28-4)24-14-17-7-9-20(23-13-17)27-11-10-26-3;/h6-9,12-13H,5,10-11,14-15H2,1-4H3,(H2,22,24,25);1H. The number of halogens is 1. The van der Waals surface area contributed by atoms with Gasteiger partial charge in [-0.25, -0.2) is 9.98 Å². The van der Waals surface area contributed by atoms with E-state index >= 15 is 0 Å². The summed E-state index contributed by atoms with van der Waals surface area (Å²) in [6.45, 7) is 7.29. The molecule has 0 atom stereocenters. The summed E-state index contributed by atoms with van der Waals surface area (Å²) in [5, 5.41) is 6.70. The third-order valence-corrected chi connectivity index (χ3v) is 4.81. The predicted molar refractivity (Wildman–Crippen MR) is 132 cm³/mol. The number of aryl methyl sites for hydroxylation is 1. The van der Waals surface area contributed by atoms with Gasteiger partial charge in [-0.05, 0) is 42.9 Å². The zero-order valence-corrected chi connectivity index (χ0v) is 20.7. The molecule has 0 saturated heterocycles. The average Bonchev–Trinajstić information content (AvgIpc) is 2.71. The molecule has 0 spiro atoms. The van der Waals surface area contributed by atoms with Gasteiger partial charge in [-0.2, -0.15) is 0 Å². The van der Waals surface area contributed by atoms with Crippen LogP contribution in [0.3, 0.4) is 0 Å². The second-order valence-corrected chi connectivity index (χ2v) is 7.06. The molecule has 2 N–H and O–H groups in total. The van der Waals surface area contributed by atoms with Crippen molar-refractivity contribution in [3.8, 4) is 5.88 Å². The van der Waals surface area contributed by atoms with Crippen LogP contribution in [0.15, 0.2) is 46.4 Å². The maximum absolute atomic E-state index is 5.48. The summed E-state index contributed by atoms with van der Waals surface area (Å²) in [4.78, 5) is 10.3. The highest BCUT2D eigenvalue weighted by molar-refractivity contribution is 14.0. The molecule has 160 valence electrons. The highest BCUT2D eigenvalue weighted by Crippen LogP contribution is 2.21. The van der Waals surface area contributed by atoms with Crippen molar-refractivity contribution in [3.63, 3.8) is 0 Å². The Balaban J connectivity index is 0.00000420. The normalized spacial score (nSPS) is 11.0. The predicted octanol–water partition coefficient (Wildman–Crippen LogP) is 4.01. The van der Waals surface area contributed by atoms with Gasteiger partial charge in [0.25, 0.3) is 0 Å². The number of hydrogen-bond donors (Lipinski definition) is 2. The van der Waals surface area contributed by atoms with Gasteiger partial charge in [0.2, 0.25) is 5.88 Å². The molecule has 2 aromatic rings. The van der Waals surface area contributed by atoms with Crippen LogP contribution in [0.1, 0.15) is 23.6 Å². The third-order valence-electron chi connectivity index (χ3n) is 3.99. The minimum atomic E-state index is 0. The number of methoxy groups -OCH3 is 1. The van der Waals surface area contributed by atoms with Gasteiger partial charge >= 0.3 is 0 Å². The third kappa shape index (κ3) is 9.22. The van der Waals surface area contributed by atoms with Crippen molar-refractivity contribution in [1.29, 1.82) is 0 Å². The summed E-state index contributed by atoms with van der Waals surface area (Å²) in [6, 6.07) is 10.4. The van der Waals surface area contributed by atoms with Crippen molar-refractivity contribution < 1.29 is 9.47 Å². The average molecular weight is 530 g/mol. The fraction of sp³-hybridized carbons (Fsp3) is 0.429. The Morgan fingerprint density at radius 1 is 1.17 bits per heavy atom. The van der Waals surface area contributed by atoms with Crippen molar-refractivity contribution in [2.24, 2.45) is 4.99 Å². The van der Waals surface area contributed by atoms with Crippen molar-refractivity contribution >= 4 is 41.7 Å². The molecule has 6 nitrogen and oxygen atoms in total. The molecule has 1 aromatic carbocycles. The highest BCUT2D eigenvalue weighted by atomic mass is 127. The Hall–Kier alpha value is -1.52. The molecule has 0 saturated carbocycles. The minimum Gasteiger partial charge on any atom is -0.475 e. The topological polar surface area (TPSA) is 67.8 Å². The molecule has 1 aromatic heterocycles. The number of rotatable bonds is 10. The van der Waals surface area contributed by atoms with Crippen LogP contribution in [0.4, 0.5) is 0 Å². The smallest absolute Gasteiger partial charge is 0.213 e. The molecule has 0 unspecified atom stereocenters. The summed E-state index contributed by atoms with van der Waals surface area (Å²) in [5.41, 5.74) is 3.56. The highest BCUT2D eigenvalue weighted by Gasteiger charge is 2.04. The number of aliphatic imine (C=N–C) groups is 1. The van der Waals surface area contributed by atoms with E-state index in [0.29, 0.717) is 25.6 Å². The van der Waals surface area contributed by atoms with Gasteiger partial charge in [0.1, 0.15) is 6.61 Å². The SMILES string of the molecule is CCNC(=NCc1ccc(OCCOC)nc1)NCc1ccc(C)cc1SC.I. The summed E-state index contributed by atoms with van der Waals surface area (Å²) >= 11 is 1.76. The van der Waals surface area contributed by atoms with E-state index in [0.717, 1.165) is 24.6 Å². The second kappa shape index (κ2) is 14.5. The van der Waals surface area contributed by atoms with Crippen LogP contribution in [0.25, 0.3) is 0 Å². The monoisotopic (exact) mass is 530 g/mol. The molecule has 0 bridgehead atoms. The Morgan fingerprint density at radius 2 is 2.00 bits per heavy atom. The van der Waals surface area contributed by atoms with Gasteiger partial charge in [0.15, 0.2) is 5.96 Å². The van der Waals surface area contributed by atoms with Gasteiger partial charge in [-0.1, -0.05) is 18.2 Å². The summed E-state index contributed by atoms with van der Waals surface area (Å²) in [7, 11) is 1.65. The molecule has 0 radical (unpaired) electrons. The van der Waals surface area contributed by atoms with Crippen molar-refractivity contribution in [1.82, 2.24) is 15.6 Å². The number of thioether (sulfide) groups is 1. The van der Waals surface area contributed by atoms with Crippen LogP contribution in [0.5, 0.6) is 5.88 Å². The largest absolute Gasteiger partial charge is 0.475 e. The van der Waals surface area contributed by atoms with Crippen LogP contribution in [0.2, 0.25) is 0 Å². The molecule has 8 heteroatoms. The summed E-state index contributed by atoms with van der Waals surface area (Å²) < 4.78 is 10.4. The van der Waals surface area contributed by atoms with E-state index in [1.807, 2.05) is 12.1 Å². The quantitative estimate of drug-likeness (QED) is 0.159. The van der Waals surface area contributed by atoms with E-state index in [9.17, 15) is 0 Å². The molecule has 0 aliphatic heterocycles. The Kier molecular flexibility index (Phi) is 12.7. The molecule has 1 heterocycles. The lowest BCUT2D eigenvalue weighted by Crippen LogP contribution is -2.36. The van der Waals surface area contributed by atoms with Gasteiger partial charge in [0.05, 0.1) is 13.2 Å². The number of benzene rings is 1. The fourth-order valence-electron chi connectivity index (χ4n) is 2.51. The van der Waals surface area contributed by atoms with Crippen LogP contribution in [-0.4, -0.2) is 44.1 Å². The van der Waals surface area contributed by atoms with Crippen LogP contribution < -0.4 is 15.4 Å². The first-order valence-electron chi connectivity index (χ1n) is 9.38. The first-order valence-corrected chi connectivity index (χ1v) is 10.6. The first kappa shape index (κ1) is 25.5. The van der Waals surface area contributed by atoms with Crippen LogP contribution >= 0.6 is 35.7 Å². The summed E-state index contributed by atoms with van der Waals surface area (Å²) in [6.07, 6.45) is 3.90. The fourth-order valence-corrected chi connectivity index (χ4v) is 3.21. The van der Waals surface area contributed by atoms with Crippen molar-refractivity contribution in [2.45, 2.75) is 31.8 Å². The maximum Gasteiger partial charge on any atom is 0.213 e. The van der Waals surface area contributed by atoms with E-state index in [1.165, 1.54) is 16.0 Å². The zero-order valence-electron chi connectivity index (χ0n) is 17.5. The zero-order chi connectivity index (χ0) is 20.2. The van der Waals surface area contributed by atoms with E-state index in [2.05, 4.69) is 58.9 Å². The van der Waals surface area contributed by atoms with Crippen LogP contribution in [0, 0.1) is 6.92 Å². The molecule has 2 rings (SSSR count). The number of nitrogens with zero attached hydrogens (tertiary/aromatic N) is 2. The van der Waals surface area contributed by atoms with Crippen LogP contribution in [-0.2, 0) is 17.8 Å². The maximum atomic E-state index is 5.48. The van der Waals surface area contributed by atoms with Gasteiger partial charge < -0.3 is 20.1 Å². The van der Waals surface area contributed by atoms with E-state index < -0.39 is 0 Å². The number of hydrogen-bond acceptors (Lipinski definition) is 5. The first-order chi connectivity index (χ1) is 13.7. The lowest BCUT2D eigenvalue weighted by Gasteiger charge is -2.14. The van der Waals surface area contributed by atoms with E-state index in [1.54, 1.807) is 25.1 Å². The van der Waals surface area contributed by atoms with Gasteiger partial charge in [-0.3, -0.25) is 0 Å². The molecule has 0 fully saturated rings. The molecular formula is C21H31IN4O2S. The number of nitrogens with one attached hydrogen (secondary N) is 2. The molecular weight excluding hydrogens is 499 g/mol.